The molecular formula is C14H18FN3O. The maximum Gasteiger partial charge on any atom is 0.165 e. The lowest BCUT2D eigenvalue weighted by atomic mass is 10.1. The summed E-state index contributed by atoms with van der Waals surface area (Å²) in [5, 5.41) is 4.40. The molecule has 4 nitrogen and oxygen atoms in total. The largest absolute Gasteiger partial charge is 0.494 e. The number of aryl methyl sites for hydroxylation is 1. The Morgan fingerprint density at radius 1 is 1.42 bits per heavy atom. The molecule has 0 fully saturated rings. The number of nitrogen functional groups attached to an aromatic ring is 1. The summed E-state index contributed by atoms with van der Waals surface area (Å²) in [6, 6.07) is 4.72. The Kier molecular flexibility index (Phi) is 4.04. The molecule has 0 aliphatic heterocycles. The number of ether oxygens (including phenoxy) is 1. The first-order valence-corrected chi connectivity index (χ1v) is 6.32. The zero-order valence-electron chi connectivity index (χ0n) is 11.2. The first-order valence-electron chi connectivity index (χ1n) is 6.32. The highest BCUT2D eigenvalue weighted by atomic mass is 19.1. The molecule has 1 aromatic carbocycles. The molecule has 2 rings (SSSR count). The van der Waals surface area contributed by atoms with E-state index in [0.29, 0.717) is 16.9 Å². The topological polar surface area (TPSA) is 53.1 Å². The molecule has 19 heavy (non-hydrogen) atoms. The molecule has 0 atom stereocenters. The lowest BCUT2D eigenvalue weighted by Gasteiger charge is -2.04. The predicted molar refractivity (Wildman–Crippen MR) is 73.5 cm³/mol. The molecule has 0 aliphatic carbocycles. The minimum absolute atomic E-state index is 0.215. The summed E-state index contributed by atoms with van der Waals surface area (Å²) in [6.07, 6.45) is 3.91. The second-order valence-electron chi connectivity index (χ2n) is 4.40. The minimum atomic E-state index is -0.414. The van der Waals surface area contributed by atoms with Gasteiger partial charge in [0, 0.05) is 18.3 Å². The number of nitrogens with zero attached hydrogens (tertiary/aromatic N) is 2. The monoisotopic (exact) mass is 263 g/mol. The normalized spacial score (nSPS) is 10.7. The van der Waals surface area contributed by atoms with E-state index in [0.717, 1.165) is 19.4 Å². The van der Waals surface area contributed by atoms with Gasteiger partial charge in [0.15, 0.2) is 11.6 Å². The summed E-state index contributed by atoms with van der Waals surface area (Å²) in [5.41, 5.74) is 7.75. The van der Waals surface area contributed by atoms with Crippen molar-refractivity contribution in [3.8, 4) is 17.0 Å². The average molecular weight is 263 g/mol. The van der Waals surface area contributed by atoms with Crippen molar-refractivity contribution in [2.24, 2.45) is 0 Å². The van der Waals surface area contributed by atoms with Crippen LogP contribution in [0.5, 0.6) is 5.75 Å². The number of hydrogen-bond acceptors (Lipinski definition) is 3. The van der Waals surface area contributed by atoms with Crippen molar-refractivity contribution in [1.82, 2.24) is 9.78 Å². The number of benzene rings is 1. The highest BCUT2D eigenvalue weighted by Gasteiger charge is 2.11. The molecule has 0 aliphatic rings. The van der Waals surface area contributed by atoms with Crippen molar-refractivity contribution in [3.63, 3.8) is 0 Å². The van der Waals surface area contributed by atoms with Crippen LogP contribution in [-0.2, 0) is 6.54 Å². The van der Waals surface area contributed by atoms with Crippen LogP contribution < -0.4 is 10.5 Å². The highest BCUT2D eigenvalue weighted by Crippen LogP contribution is 2.28. The standard InChI is InChI=1S/C14H18FN3O/c1-3-4-7-18-9-12(16)14(17-18)10-5-6-13(19-2)11(15)8-10/h5-6,8-9H,3-4,7,16H2,1-2H3. The molecule has 0 spiro atoms. The number of methoxy groups -OCH3 is 1. The first-order chi connectivity index (χ1) is 9.15. The van der Waals surface area contributed by atoms with Crippen molar-refractivity contribution in [1.29, 1.82) is 0 Å². The summed E-state index contributed by atoms with van der Waals surface area (Å²) in [6.45, 7) is 2.94. The lowest BCUT2D eigenvalue weighted by molar-refractivity contribution is 0.386. The van der Waals surface area contributed by atoms with Crippen molar-refractivity contribution in [3.05, 3.63) is 30.2 Å². The van der Waals surface area contributed by atoms with Crippen LogP contribution in [0.4, 0.5) is 10.1 Å². The van der Waals surface area contributed by atoms with Gasteiger partial charge in [-0.2, -0.15) is 5.10 Å². The number of aromatic nitrogens is 2. The van der Waals surface area contributed by atoms with Gasteiger partial charge in [-0.1, -0.05) is 13.3 Å². The predicted octanol–water partition coefficient (Wildman–Crippen LogP) is 3.08. The third-order valence-electron chi connectivity index (χ3n) is 2.96. The number of nitrogens with two attached hydrogens (primary N) is 1. The van der Waals surface area contributed by atoms with Crippen molar-refractivity contribution >= 4 is 5.69 Å². The van der Waals surface area contributed by atoms with Gasteiger partial charge in [0.1, 0.15) is 5.69 Å². The Hall–Kier alpha value is -2.04. The second-order valence-corrected chi connectivity index (χ2v) is 4.40. The molecule has 0 bridgehead atoms. The van der Waals surface area contributed by atoms with Gasteiger partial charge in [-0.05, 0) is 24.6 Å². The van der Waals surface area contributed by atoms with Crippen molar-refractivity contribution in [2.45, 2.75) is 26.3 Å². The second kappa shape index (κ2) is 5.73. The van der Waals surface area contributed by atoms with Gasteiger partial charge in [-0.25, -0.2) is 4.39 Å². The van der Waals surface area contributed by atoms with Crippen LogP contribution in [-0.4, -0.2) is 16.9 Å². The van der Waals surface area contributed by atoms with E-state index in [2.05, 4.69) is 12.0 Å². The smallest absolute Gasteiger partial charge is 0.165 e. The molecule has 2 aromatic rings. The maximum absolute atomic E-state index is 13.7. The van der Waals surface area contributed by atoms with E-state index < -0.39 is 5.82 Å². The Balaban J connectivity index is 2.30. The van der Waals surface area contributed by atoms with Crippen LogP contribution in [0.25, 0.3) is 11.3 Å². The lowest BCUT2D eigenvalue weighted by Crippen LogP contribution is -1.98. The summed E-state index contributed by atoms with van der Waals surface area (Å²) in [5.74, 6) is -0.199. The summed E-state index contributed by atoms with van der Waals surface area (Å²) < 4.78 is 20.4. The molecule has 0 radical (unpaired) electrons. The first kappa shape index (κ1) is 13.4. The van der Waals surface area contributed by atoms with E-state index in [9.17, 15) is 4.39 Å². The molecular weight excluding hydrogens is 245 g/mol. The van der Waals surface area contributed by atoms with Gasteiger partial charge in [-0.15, -0.1) is 0 Å². The SMILES string of the molecule is CCCCn1cc(N)c(-c2ccc(OC)c(F)c2)n1. The fourth-order valence-corrected chi connectivity index (χ4v) is 1.91. The molecule has 0 saturated heterocycles. The quantitative estimate of drug-likeness (QED) is 0.902. The molecule has 1 aromatic heterocycles. The molecule has 5 heteroatoms. The molecule has 0 amide bonds. The van der Waals surface area contributed by atoms with Crippen LogP contribution >= 0.6 is 0 Å². The Labute approximate surface area is 112 Å². The molecule has 0 unspecified atom stereocenters. The van der Waals surface area contributed by atoms with E-state index in [-0.39, 0.29) is 5.75 Å². The molecule has 0 saturated carbocycles. The Morgan fingerprint density at radius 3 is 2.84 bits per heavy atom. The van der Waals surface area contributed by atoms with Crippen molar-refractivity contribution in [2.75, 3.05) is 12.8 Å². The number of unbranched alkanes of at least 4 members (excludes halogenated alkanes) is 1. The van der Waals surface area contributed by atoms with Crippen LogP contribution in [0.3, 0.4) is 0 Å². The van der Waals surface area contributed by atoms with Crippen LogP contribution in [0.2, 0.25) is 0 Å². The Bertz CT molecular complexity index is 566. The highest BCUT2D eigenvalue weighted by molar-refractivity contribution is 5.72. The zero-order chi connectivity index (χ0) is 13.8. The van der Waals surface area contributed by atoms with E-state index in [1.807, 2.05) is 0 Å². The fourth-order valence-electron chi connectivity index (χ4n) is 1.91. The molecule has 102 valence electrons. The maximum atomic E-state index is 13.7. The Morgan fingerprint density at radius 2 is 2.21 bits per heavy atom. The van der Waals surface area contributed by atoms with Crippen LogP contribution in [0.1, 0.15) is 19.8 Å². The molecule has 1 heterocycles. The van der Waals surface area contributed by atoms with Crippen LogP contribution in [0.15, 0.2) is 24.4 Å². The third-order valence-corrected chi connectivity index (χ3v) is 2.96. The van der Waals surface area contributed by atoms with E-state index in [1.165, 1.54) is 13.2 Å². The summed E-state index contributed by atoms with van der Waals surface area (Å²) in [4.78, 5) is 0. The zero-order valence-corrected chi connectivity index (χ0v) is 11.2. The van der Waals surface area contributed by atoms with E-state index in [1.54, 1.807) is 23.0 Å². The molecule has 2 N–H and O–H groups in total. The number of anilines is 1. The van der Waals surface area contributed by atoms with Gasteiger partial charge >= 0.3 is 0 Å². The number of hydrogen-bond donors (Lipinski definition) is 1. The van der Waals surface area contributed by atoms with Crippen LogP contribution in [0, 0.1) is 5.82 Å². The van der Waals surface area contributed by atoms with E-state index in [4.69, 9.17) is 10.5 Å². The van der Waals surface area contributed by atoms with Gasteiger partial charge in [-0.3, -0.25) is 4.68 Å². The van der Waals surface area contributed by atoms with Gasteiger partial charge in [0.2, 0.25) is 0 Å². The van der Waals surface area contributed by atoms with Gasteiger partial charge < -0.3 is 10.5 Å². The number of halogens is 1. The van der Waals surface area contributed by atoms with Gasteiger partial charge in [0.05, 0.1) is 12.8 Å². The van der Waals surface area contributed by atoms with Crippen molar-refractivity contribution < 1.29 is 9.13 Å². The fraction of sp³-hybridized carbons (Fsp3) is 0.357. The third kappa shape index (κ3) is 2.86. The van der Waals surface area contributed by atoms with Gasteiger partial charge in [0.25, 0.3) is 0 Å². The summed E-state index contributed by atoms with van der Waals surface area (Å²) >= 11 is 0. The average Bonchev–Trinajstić information content (AvgIpc) is 2.77. The van der Waals surface area contributed by atoms with E-state index >= 15 is 0 Å². The number of rotatable bonds is 5. The summed E-state index contributed by atoms with van der Waals surface area (Å²) in [7, 11) is 1.44. The minimum Gasteiger partial charge on any atom is -0.494 e.